The molecule has 1 unspecified atom stereocenters. The van der Waals surface area contributed by atoms with Crippen LogP contribution in [0.3, 0.4) is 0 Å². The molecule has 2 aromatic carbocycles. The highest BCUT2D eigenvalue weighted by atomic mass is 35.5. The molecule has 1 fully saturated rings. The van der Waals surface area contributed by atoms with Crippen molar-refractivity contribution in [3.05, 3.63) is 91.8 Å². The zero-order chi connectivity index (χ0) is 36.0. The molecule has 15 heteroatoms. The summed E-state index contributed by atoms with van der Waals surface area (Å²) in [6.45, 7) is 6.66. The molecule has 13 nitrogen and oxygen atoms in total. The fourth-order valence-corrected chi connectivity index (χ4v) is 7.96. The van der Waals surface area contributed by atoms with E-state index in [1.165, 1.54) is 6.07 Å². The zero-order valence-corrected chi connectivity index (χ0v) is 29.7. The number of piperidine rings is 1. The van der Waals surface area contributed by atoms with Gasteiger partial charge in [0.1, 0.15) is 28.7 Å². The molecule has 0 spiro atoms. The summed E-state index contributed by atoms with van der Waals surface area (Å²) in [5.74, 6) is -0.960. The number of amides is 5. The van der Waals surface area contributed by atoms with Gasteiger partial charge in [0.2, 0.25) is 17.7 Å². The maximum atomic E-state index is 13.3. The third kappa shape index (κ3) is 6.33. The van der Waals surface area contributed by atoms with Gasteiger partial charge in [-0.2, -0.15) is 0 Å². The minimum Gasteiger partial charge on any atom is -0.493 e. The van der Waals surface area contributed by atoms with Crippen LogP contribution in [0.15, 0.2) is 47.5 Å². The number of benzene rings is 2. The minimum atomic E-state index is -1.05. The van der Waals surface area contributed by atoms with Gasteiger partial charge in [0, 0.05) is 34.0 Å². The lowest BCUT2D eigenvalue weighted by Crippen LogP contribution is -2.54. The third-order valence-corrected chi connectivity index (χ3v) is 10.8. The Morgan fingerprint density at radius 2 is 1.80 bits per heavy atom. The number of halogens is 1. The number of carbonyl (C=O) groups excluding carboxylic acids is 5. The molecule has 0 saturated carbocycles. The number of imide groups is 2. The number of carbonyl (C=O) groups is 5. The van der Waals surface area contributed by atoms with E-state index in [1.807, 2.05) is 35.8 Å². The van der Waals surface area contributed by atoms with Crippen LogP contribution in [0, 0.1) is 20.8 Å². The van der Waals surface area contributed by atoms with E-state index in [9.17, 15) is 24.0 Å². The molecule has 1 saturated heterocycles. The highest BCUT2D eigenvalue weighted by Gasteiger charge is 2.46. The highest BCUT2D eigenvalue weighted by molar-refractivity contribution is 7.15. The van der Waals surface area contributed by atoms with Crippen LogP contribution in [0.1, 0.15) is 92.1 Å². The number of fused-ring (bicyclic) bond motifs is 4. The van der Waals surface area contributed by atoms with Crippen LogP contribution in [0.2, 0.25) is 5.02 Å². The first-order chi connectivity index (χ1) is 24.5. The summed E-state index contributed by atoms with van der Waals surface area (Å²) in [5.41, 5.74) is 4.02. The second-order valence-electron chi connectivity index (χ2n) is 12.6. The van der Waals surface area contributed by atoms with Crippen LogP contribution < -0.4 is 15.4 Å². The van der Waals surface area contributed by atoms with Crippen LogP contribution in [-0.2, 0) is 14.4 Å². The molecule has 0 bridgehead atoms. The van der Waals surface area contributed by atoms with Crippen molar-refractivity contribution < 1.29 is 28.7 Å². The predicted molar refractivity (Wildman–Crippen MR) is 189 cm³/mol. The van der Waals surface area contributed by atoms with Gasteiger partial charge in [0.05, 0.1) is 29.9 Å². The molecule has 5 heterocycles. The van der Waals surface area contributed by atoms with Gasteiger partial charge in [0.25, 0.3) is 11.8 Å². The Kier molecular flexibility index (Phi) is 9.29. The molecular formula is C36H34ClN7O6S. The summed E-state index contributed by atoms with van der Waals surface area (Å²) in [7, 11) is 0. The van der Waals surface area contributed by atoms with Gasteiger partial charge in [-0.05, 0) is 69.9 Å². The summed E-state index contributed by atoms with van der Waals surface area (Å²) in [6.07, 6.45) is 1.32. The van der Waals surface area contributed by atoms with Crippen molar-refractivity contribution in [2.75, 3.05) is 13.2 Å². The van der Waals surface area contributed by atoms with Gasteiger partial charge in [0.15, 0.2) is 5.82 Å². The fraction of sp³-hybridized carbons (Fsp3) is 0.333. The number of ether oxygens (including phenoxy) is 1. The van der Waals surface area contributed by atoms with Crippen molar-refractivity contribution in [2.24, 2.45) is 4.99 Å². The standard InChI is InChI=1S/C36H34ClN7O6S/c1-18-19(2)51-36-29(18)31(21-9-11-22(37)12-10-21)39-24(32-42-41-20(3)43(32)36)17-28(46)38-15-4-5-16-50-26-8-6-7-23-30(26)35(49)44(34(23)48)25-13-14-27(45)40-33(25)47/h6-12,24-25H,4-5,13-17H2,1-3H3,(H,38,46)(H,40,45,47)/t24-,25?/m0/s1. The number of hydrogen-bond acceptors (Lipinski definition) is 10. The number of hydrogen-bond donors (Lipinski definition) is 2. The first-order valence-electron chi connectivity index (χ1n) is 16.6. The average molecular weight is 728 g/mol. The van der Waals surface area contributed by atoms with Crippen LogP contribution in [0.4, 0.5) is 0 Å². The first-order valence-corrected chi connectivity index (χ1v) is 17.8. The van der Waals surface area contributed by atoms with Crippen molar-refractivity contribution in [3.8, 4) is 10.8 Å². The third-order valence-electron chi connectivity index (χ3n) is 9.32. The van der Waals surface area contributed by atoms with E-state index in [4.69, 9.17) is 21.3 Å². The van der Waals surface area contributed by atoms with Crippen molar-refractivity contribution in [3.63, 3.8) is 0 Å². The molecule has 2 atom stereocenters. The number of aromatic nitrogens is 3. The summed E-state index contributed by atoms with van der Waals surface area (Å²) in [4.78, 5) is 70.9. The fourth-order valence-electron chi connectivity index (χ4n) is 6.62. The Hall–Kier alpha value is -5.21. The molecule has 262 valence electrons. The Morgan fingerprint density at radius 1 is 1.02 bits per heavy atom. The Balaban J connectivity index is 0.983. The monoisotopic (exact) mass is 727 g/mol. The number of aliphatic imine (C=N–C) groups is 1. The van der Waals surface area contributed by atoms with E-state index in [0.717, 1.165) is 37.2 Å². The Labute approximate surface area is 302 Å². The van der Waals surface area contributed by atoms with E-state index in [0.29, 0.717) is 36.1 Å². The zero-order valence-electron chi connectivity index (χ0n) is 28.1. The van der Waals surface area contributed by atoms with E-state index >= 15 is 0 Å². The second kappa shape index (κ2) is 13.8. The number of thiophene rings is 1. The van der Waals surface area contributed by atoms with Gasteiger partial charge < -0.3 is 10.1 Å². The van der Waals surface area contributed by atoms with Gasteiger partial charge in [-0.25, -0.2) is 0 Å². The van der Waals surface area contributed by atoms with Crippen LogP contribution in [0.25, 0.3) is 5.00 Å². The normalized spacial score (nSPS) is 18.1. The molecule has 5 amide bonds. The summed E-state index contributed by atoms with van der Waals surface area (Å²) >= 11 is 7.85. The molecule has 2 N–H and O–H groups in total. The molecule has 51 heavy (non-hydrogen) atoms. The molecule has 2 aromatic heterocycles. The van der Waals surface area contributed by atoms with Gasteiger partial charge in [-0.15, -0.1) is 21.5 Å². The van der Waals surface area contributed by atoms with E-state index in [-0.39, 0.29) is 48.7 Å². The number of unbranched alkanes of at least 4 members (excludes halogenated alkanes) is 1. The van der Waals surface area contributed by atoms with Crippen LogP contribution in [0.5, 0.6) is 5.75 Å². The maximum Gasteiger partial charge on any atom is 0.266 e. The van der Waals surface area contributed by atoms with Crippen molar-refractivity contribution >= 4 is 58.2 Å². The predicted octanol–water partition coefficient (Wildman–Crippen LogP) is 4.57. The second-order valence-corrected chi connectivity index (χ2v) is 14.3. The topological polar surface area (TPSA) is 165 Å². The molecule has 0 radical (unpaired) electrons. The van der Waals surface area contributed by atoms with E-state index < -0.39 is 35.7 Å². The largest absolute Gasteiger partial charge is 0.493 e. The minimum absolute atomic E-state index is 0.0402. The SMILES string of the molecule is Cc1sc2c(c1C)C(c1ccc(Cl)cc1)=N[C@@H](CC(=O)NCCCCOc1cccc3c1C(=O)N(C1CCC(=O)NC1=O)C3=O)c1nnc(C)n1-2. The van der Waals surface area contributed by atoms with Crippen LogP contribution in [-0.4, -0.2) is 74.1 Å². The highest BCUT2D eigenvalue weighted by Crippen LogP contribution is 2.40. The van der Waals surface area contributed by atoms with Crippen molar-refractivity contribution in [1.29, 1.82) is 0 Å². The lowest BCUT2D eigenvalue weighted by atomic mass is 9.99. The quantitative estimate of drug-likeness (QED) is 0.177. The van der Waals surface area contributed by atoms with Crippen molar-refractivity contribution in [1.82, 2.24) is 30.3 Å². The molecule has 4 aromatic rings. The molecule has 3 aliphatic heterocycles. The summed E-state index contributed by atoms with van der Waals surface area (Å²) in [5, 5.41) is 15.6. The summed E-state index contributed by atoms with van der Waals surface area (Å²) < 4.78 is 7.93. The van der Waals surface area contributed by atoms with Crippen molar-refractivity contribution in [2.45, 2.75) is 65.0 Å². The van der Waals surface area contributed by atoms with Gasteiger partial charge in [-0.3, -0.25) is 43.7 Å². The molecule has 0 aliphatic carbocycles. The van der Waals surface area contributed by atoms with Gasteiger partial charge >= 0.3 is 0 Å². The van der Waals surface area contributed by atoms with Crippen LogP contribution >= 0.6 is 22.9 Å². The van der Waals surface area contributed by atoms with E-state index in [2.05, 4.69) is 34.7 Å². The summed E-state index contributed by atoms with van der Waals surface area (Å²) in [6, 6.07) is 10.6. The number of nitrogens with one attached hydrogen (secondary N) is 2. The lowest BCUT2D eigenvalue weighted by Gasteiger charge is -2.27. The smallest absolute Gasteiger partial charge is 0.266 e. The lowest BCUT2D eigenvalue weighted by molar-refractivity contribution is -0.136. The van der Waals surface area contributed by atoms with Gasteiger partial charge in [-0.1, -0.05) is 29.8 Å². The average Bonchev–Trinajstić information content (AvgIpc) is 3.68. The number of rotatable bonds is 10. The number of aryl methyl sites for hydroxylation is 2. The first kappa shape index (κ1) is 34.2. The maximum absolute atomic E-state index is 13.3. The molecule has 3 aliphatic rings. The van der Waals surface area contributed by atoms with E-state index in [1.54, 1.807) is 23.5 Å². The Morgan fingerprint density at radius 3 is 2.57 bits per heavy atom. The molecular weight excluding hydrogens is 694 g/mol. The Bertz CT molecular complexity index is 2140. The molecule has 7 rings (SSSR count). The number of nitrogens with zero attached hydrogens (tertiary/aromatic N) is 5.